The molecule has 254 valence electrons. The average Bonchev–Trinajstić information content (AvgIpc) is 3.76. The fourth-order valence-corrected chi connectivity index (χ4v) is 7.96. The Morgan fingerprint density at radius 2 is 1.92 bits per heavy atom. The number of carbonyl (C=O) groups is 1. The van der Waals surface area contributed by atoms with Gasteiger partial charge in [0.2, 0.25) is 12.5 Å². The number of amides is 1. The van der Waals surface area contributed by atoms with Gasteiger partial charge in [-0.25, -0.2) is 6.57 Å². The van der Waals surface area contributed by atoms with Gasteiger partial charge in [0.15, 0.2) is 0 Å². The molecule has 3 aromatic rings. The summed E-state index contributed by atoms with van der Waals surface area (Å²) in [5.41, 5.74) is 3.17. The van der Waals surface area contributed by atoms with Gasteiger partial charge in [0.25, 0.3) is 0 Å². The van der Waals surface area contributed by atoms with E-state index in [2.05, 4.69) is 55.8 Å². The summed E-state index contributed by atoms with van der Waals surface area (Å²) in [5, 5.41) is 2.90. The standard InChI is InChI=1S/C36H45ClN8O3/c1-38-20-27-21-44(17-18-45(27)35(46)32-23-42(32)15-7-19-47-3)34-28-13-16-43(31-12-5-9-25-8-4-11-29(37)33(25)31)22-30(28)39-36(40-34)48-24-26-10-6-14-41(26)2/h4-5,8-9,11-12,26-27,32H,6-7,10,13-24H2,2-3H3/t26-,27-,32-,42?/m0/s1. The quantitative estimate of drug-likeness (QED) is 0.171. The zero-order chi connectivity index (χ0) is 33.2. The van der Waals surface area contributed by atoms with E-state index < -0.39 is 0 Å². The molecule has 1 amide bonds. The first-order valence-electron chi connectivity index (χ1n) is 17.2. The van der Waals surface area contributed by atoms with Crippen LogP contribution in [0.1, 0.15) is 30.5 Å². The molecule has 1 unspecified atom stereocenters. The number of ether oxygens (including phenoxy) is 2. The third kappa shape index (κ3) is 6.77. The molecule has 3 saturated heterocycles. The molecule has 7 rings (SSSR count). The summed E-state index contributed by atoms with van der Waals surface area (Å²) in [6.45, 7) is 15.1. The molecule has 11 nitrogen and oxygen atoms in total. The first kappa shape index (κ1) is 32.8. The fraction of sp³-hybridized carbons (Fsp3) is 0.556. The zero-order valence-corrected chi connectivity index (χ0v) is 28.7. The maximum Gasteiger partial charge on any atom is 0.318 e. The molecule has 5 heterocycles. The Kier molecular flexibility index (Phi) is 9.87. The topological polar surface area (TPSA) is 81.6 Å². The highest BCUT2D eigenvalue weighted by Gasteiger charge is 2.46. The summed E-state index contributed by atoms with van der Waals surface area (Å²) in [5.74, 6) is 1.01. The highest BCUT2D eigenvalue weighted by atomic mass is 35.5. The van der Waals surface area contributed by atoms with Crippen molar-refractivity contribution >= 4 is 39.8 Å². The minimum absolute atomic E-state index is 0.0873. The summed E-state index contributed by atoms with van der Waals surface area (Å²) in [4.78, 5) is 38.6. The lowest BCUT2D eigenvalue weighted by Crippen LogP contribution is -2.58. The molecule has 0 radical (unpaired) electrons. The Morgan fingerprint density at radius 1 is 1.06 bits per heavy atom. The van der Waals surface area contributed by atoms with E-state index in [0.717, 1.165) is 84.0 Å². The molecule has 3 fully saturated rings. The van der Waals surface area contributed by atoms with Crippen LogP contribution in [-0.2, 0) is 22.5 Å². The van der Waals surface area contributed by atoms with E-state index in [-0.39, 0.29) is 24.5 Å². The molecule has 4 atom stereocenters. The number of likely N-dealkylation sites (N-methyl/N-ethyl adjacent to an activating group) is 1. The molecule has 0 bridgehead atoms. The van der Waals surface area contributed by atoms with E-state index in [1.165, 1.54) is 6.42 Å². The van der Waals surface area contributed by atoms with E-state index >= 15 is 0 Å². The highest BCUT2D eigenvalue weighted by molar-refractivity contribution is 6.36. The van der Waals surface area contributed by atoms with Gasteiger partial charge in [-0.15, -0.1) is 0 Å². The molecule has 4 aliphatic rings. The monoisotopic (exact) mass is 672 g/mol. The van der Waals surface area contributed by atoms with Crippen molar-refractivity contribution < 1.29 is 14.3 Å². The number of piperazine rings is 1. The van der Waals surface area contributed by atoms with Gasteiger partial charge in [-0.3, -0.25) is 9.69 Å². The van der Waals surface area contributed by atoms with E-state index in [4.69, 9.17) is 37.6 Å². The van der Waals surface area contributed by atoms with Gasteiger partial charge in [0.1, 0.15) is 24.5 Å². The summed E-state index contributed by atoms with van der Waals surface area (Å²) in [6.07, 6.45) is 3.94. The van der Waals surface area contributed by atoms with Gasteiger partial charge in [-0.1, -0.05) is 35.9 Å². The van der Waals surface area contributed by atoms with Crippen molar-refractivity contribution in [2.75, 3.05) is 89.5 Å². The number of likely N-dealkylation sites (tertiary alicyclic amines) is 1. The van der Waals surface area contributed by atoms with Gasteiger partial charge in [0, 0.05) is 75.7 Å². The number of hydrogen-bond acceptors (Lipinski definition) is 9. The smallest absolute Gasteiger partial charge is 0.318 e. The van der Waals surface area contributed by atoms with Crippen LogP contribution in [-0.4, -0.2) is 128 Å². The second-order valence-electron chi connectivity index (χ2n) is 13.5. The lowest BCUT2D eigenvalue weighted by Gasteiger charge is -2.41. The molecule has 0 spiro atoms. The van der Waals surface area contributed by atoms with Gasteiger partial charge < -0.3 is 33.9 Å². The summed E-state index contributed by atoms with van der Waals surface area (Å²) < 4.78 is 11.5. The number of benzene rings is 2. The predicted octanol–water partition coefficient (Wildman–Crippen LogP) is 3.98. The Bertz CT molecular complexity index is 1680. The largest absolute Gasteiger partial charge is 0.462 e. The molecule has 48 heavy (non-hydrogen) atoms. The van der Waals surface area contributed by atoms with Crippen LogP contribution in [0.3, 0.4) is 0 Å². The van der Waals surface area contributed by atoms with E-state index in [1.807, 2.05) is 17.0 Å². The second-order valence-corrected chi connectivity index (χ2v) is 13.9. The van der Waals surface area contributed by atoms with Crippen LogP contribution < -0.4 is 14.5 Å². The summed E-state index contributed by atoms with van der Waals surface area (Å²) >= 11 is 6.74. The van der Waals surface area contributed by atoms with Crippen LogP contribution in [0.15, 0.2) is 36.4 Å². The Balaban J connectivity index is 1.15. The maximum atomic E-state index is 13.6. The Labute approximate surface area is 288 Å². The molecule has 12 heteroatoms. The summed E-state index contributed by atoms with van der Waals surface area (Å²) in [6, 6.07) is 12.8. The predicted molar refractivity (Wildman–Crippen MR) is 188 cm³/mol. The fourth-order valence-electron chi connectivity index (χ4n) is 7.68. The second kappa shape index (κ2) is 14.4. The Hall–Kier alpha value is -3.69. The van der Waals surface area contributed by atoms with Crippen molar-refractivity contribution in [2.24, 2.45) is 0 Å². The van der Waals surface area contributed by atoms with E-state index in [1.54, 1.807) is 7.11 Å². The SMILES string of the molecule is [C-]#[N+]C[C@H]1CN(c2nc(OC[C@@H]3CCCN3C)nc3c2CCN(c2cccc4cccc(Cl)c24)C3)CCN1C(=O)[C@@H]1CN1CCCOC. The number of fused-ring (bicyclic) bond motifs is 2. The minimum Gasteiger partial charge on any atom is -0.462 e. The normalized spacial score (nSPS) is 24.1. The Morgan fingerprint density at radius 3 is 2.71 bits per heavy atom. The third-order valence-electron chi connectivity index (χ3n) is 10.4. The molecule has 0 aliphatic carbocycles. The van der Waals surface area contributed by atoms with E-state index in [9.17, 15) is 4.79 Å². The first-order valence-corrected chi connectivity index (χ1v) is 17.6. The van der Waals surface area contributed by atoms with Crippen LogP contribution in [0.5, 0.6) is 6.01 Å². The van der Waals surface area contributed by atoms with Crippen LogP contribution in [0.2, 0.25) is 5.02 Å². The maximum absolute atomic E-state index is 13.6. The van der Waals surface area contributed by atoms with Crippen molar-refractivity contribution in [1.29, 1.82) is 0 Å². The number of halogens is 1. The number of nitrogens with zero attached hydrogens (tertiary/aromatic N) is 8. The van der Waals surface area contributed by atoms with Crippen molar-refractivity contribution in [3.63, 3.8) is 0 Å². The number of anilines is 2. The molecule has 4 aliphatic heterocycles. The number of carbonyl (C=O) groups excluding carboxylic acids is 1. The number of aromatic nitrogens is 2. The molecule has 2 aromatic carbocycles. The molecular weight excluding hydrogens is 628 g/mol. The minimum atomic E-state index is -0.204. The lowest BCUT2D eigenvalue weighted by atomic mass is 10.0. The zero-order valence-electron chi connectivity index (χ0n) is 28.0. The van der Waals surface area contributed by atoms with Gasteiger partial charge in [0.05, 0.1) is 17.3 Å². The van der Waals surface area contributed by atoms with Crippen LogP contribution in [0.4, 0.5) is 11.5 Å². The highest BCUT2D eigenvalue weighted by Crippen LogP contribution is 2.37. The van der Waals surface area contributed by atoms with Crippen molar-refractivity contribution in [3.8, 4) is 6.01 Å². The van der Waals surface area contributed by atoms with Crippen LogP contribution in [0.25, 0.3) is 15.6 Å². The average molecular weight is 673 g/mol. The van der Waals surface area contributed by atoms with Gasteiger partial charge in [-0.05, 0) is 56.8 Å². The third-order valence-corrected chi connectivity index (χ3v) is 10.7. The lowest BCUT2D eigenvalue weighted by molar-refractivity contribution is -0.133. The van der Waals surface area contributed by atoms with Crippen molar-refractivity contribution in [3.05, 3.63) is 64.1 Å². The number of hydrogen-bond donors (Lipinski definition) is 0. The molecule has 1 aromatic heterocycles. The number of rotatable bonds is 11. The van der Waals surface area contributed by atoms with Crippen molar-refractivity contribution in [1.82, 2.24) is 24.7 Å². The van der Waals surface area contributed by atoms with Gasteiger partial charge >= 0.3 is 6.01 Å². The van der Waals surface area contributed by atoms with Crippen LogP contribution in [0, 0.1) is 6.57 Å². The van der Waals surface area contributed by atoms with Crippen LogP contribution >= 0.6 is 11.6 Å². The van der Waals surface area contributed by atoms with Gasteiger partial charge in [-0.2, -0.15) is 9.97 Å². The molecule has 0 N–H and O–H groups in total. The molecular formula is C36H45ClN8O3. The molecule has 0 saturated carbocycles. The summed E-state index contributed by atoms with van der Waals surface area (Å²) in [7, 11) is 3.85. The number of methoxy groups -OCH3 is 1. The van der Waals surface area contributed by atoms with Crippen molar-refractivity contribution in [2.45, 2.75) is 50.4 Å². The van der Waals surface area contributed by atoms with E-state index in [0.29, 0.717) is 51.4 Å². The first-order chi connectivity index (χ1) is 23.4.